The average molecular weight is 406 g/mol. The molecule has 0 atom stereocenters. The minimum absolute atomic E-state index is 0.0296. The zero-order valence-electron chi connectivity index (χ0n) is 17.6. The Balaban J connectivity index is 1.63. The number of hydrogen-bond donors (Lipinski definition) is 2. The lowest BCUT2D eigenvalue weighted by Crippen LogP contribution is -2.38. The van der Waals surface area contributed by atoms with E-state index >= 15 is 0 Å². The number of amides is 3. The van der Waals surface area contributed by atoms with Crippen molar-refractivity contribution in [2.75, 3.05) is 18.4 Å². The first-order valence-electron chi connectivity index (χ1n) is 10.2. The Bertz CT molecular complexity index is 955. The molecule has 156 valence electrons. The number of aryl methyl sites for hydroxylation is 1. The second-order valence-corrected chi connectivity index (χ2v) is 7.93. The molecule has 2 aromatic rings. The van der Waals surface area contributed by atoms with E-state index in [-0.39, 0.29) is 23.9 Å². The Labute approximate surface area is 177 Å². The SMILES string of the molecule is Cc1ccc(C(=O)N2CCC(c3ccc(C#N)cn3)CC2)cc1NC(=O)NC(C)C. The summed E-state index contributed by atoms with van der Waals surface area (Å²) in [7, 11) is 0. The van der Waals surface area contributed by atoms with Crippen molar-refractivity contribution in [1.29, 1.82) is 5.26 Å². The average Bonchev–Trinajstić information content (AvgIpc) is 2.74. The first-order valence-corrected chi connectivity index (χ1v) is 10.2. The number of carbonyl (C=O) groups excluding carboxylic acids is 2. The molecule has 0 unspecified atom stereocenters. The van der Waals surface area contributed by atoms with Crippen LogP contribution in [-0.4, -0.2) is 41.0 Å². The number of anilines is 1. The van der Waals surface area contributed by atoms with E-state index in [1.807, 2.05) is 37.8 Å². The first-order chi connectivity index (χ1) is 14.4. The number of benzene rings is 1. The van der Waals surface area contributed by atoms with Crippen LogP contribution in [0.25, 0.3) is 0 Å². The number of likely N-dealkylation sites (tertiary alicyclic amines) is 1. The zero-order valence-corrected chi connectivity index (χ0v) is 17.6. The number of hydrogen-bond acceptors (Lipinski definition) is 4. The molecule has 0 aliphatic carbocycles. The van der Waals surface area contributed by atoms with Crippen molar-refractivity contribution in [3.63, 3.8) is 0 Å². The predicted molar refractivity (Wildman–Crippen MR) is 115 cm³/mol. The molecule has 7 nitrogen and oxygen atoms in total. The molecular formula is C23H27N5O2. The lowest BCUT2D eigenvalue weighted by molar-refractivity contribution is 0.0712. The van der Waals surface area contributed by atoms with Crippen LogP contribution in [-0.2, 0) is 0 Å². The molecule has 1 saturated heterocycles. The van der Waals surface area contributed by atoms with Crippen LogP contribution >= 0.6 is 0 Å². The number of urea groups is 1. The van der Waals surface area contributed by atoms with E-state index in [4.69, 9.17) is 5.26 Å². The third-order valence-corrected chi connectivity index (χ3v) is 5.27. The van der Waals surface area contributed by atoms with Gasteiger partial charge in [0.05, 0.1) is 5.56 Å². The Morgan fingerprint density at radius 2 is 1.93 bits per heavy atom. The molecular weight excluding hydrogens is 378 g/mol. The molecule has 30 heavy (non-hydrogen) atoms. The van der Waals surface area contributed by atoms with Crippen molar-refractivity contribution >= 4 is 17.6 Å². The minimum atomic E-state index is -0.284. The van der Waals surface area contributed by atoms with Crippen molar-refractivity contribution in [2.45, 2.75) is 45.6 Å². The molecule has 3 rings (SSSR count). The summed E-state index contributed by atoms with van der Waals surface area (Å²) in [6, 6.07) is 10.9. The third-order valence-electron chi connectivity index (χ3n) is 5.27. The van der Waals surface area contributed by atoms with Gasteiger partial charge >= 0.3 is 6.03 Å². The summed E-state index contributed by atoms with van der Waals surface area (Å²) in [5.41, 5.74) is 3.62. The van der Waals surface area contributed by atoms with Crippen molar-refractivity contribution in [3.8, 4) is 6.07 Å². The lowest BCUT2D eigenvalue weighted by Gasteiger charge is -2.32. The molecule has 1 aliphatic heterocycles. The molecule has 2 heterocycles. The number of carbonyl (C=O) groups is 2. The smallest absolute Gasteiger partial charge is 0.319 e. The van der Waals surface area contributed by atoms with Gasteiger partial charge in [0, 0.05) is 48.2 Å². The second kappa shape index (κ2) is 9.40. The molecule has 0 spiro atoms. The van der Waals surface area contributed by atoms with Gasteiger partial charge in [-0.05, 0) is 63.4 Å². The number of piperidine rings is 1. The Morgan fingerprint density at radius 3 is 2.53 bits per heavy atom. The molecule has 0 saturated carbocycles. The van der Waals surface area contributed by atoms with Gasteiger partial charge in [-0.1, -0.05) is 6.07 Å². The number of pyridine rings is 1. The summed E-state index contributed by atoms with van der Waals surface area (Å²) in [5, 5.41) is 14.5. The number of nitrogens with zero attached hydrogens (tertiary/aromatic N) is 3. The topological polar surface area (TPSA) is 98.1 Å². The van der Waals surface area contributed by atoms with E-state index in [0.717, 1.165) is 24.1 Å². The van der Waals surface area contributed by atoms with Gasteiger partial charge in [-0.15, -0.1) is 0 Å². The highest BCUT2D eigenvalue weighted by Gasteiger charge is 2.25. The maximum atomic E-state index is 13.0. The molecule has 0 radical (unpaired) electrons. The van der Waals surface area contributed by atoms with E-state index in [2.05, 4.69) is 21.7 Å². The van der Waals surface area contributed by atoms with Crippen LogP contribution in [0.4, 0.5) is 10.5 Å². The molecule has 2 N–H and O–H groups in total. The fraction of sp³-hybridized carbons (Fsp3) is 0.391. The number of aromatic nitrogens is 1. The maximum absolute atomic E-state index is 13.0. The quantitative estimate of drug-likeness (QED) is 0.808. The lowest BCUT2D eigenvalue weighted by atomic mass is 9.92. The minimum Gasteiger partial charge on any atom is -0.339 e. The summed E-state index contributed by atoms with van der Waals surface area (Å²) >= 11 is 0. The zero-order chi connectivity index (χ0) is 21.7. The van der Waals surface area contributed by atoms with Crippen LogP contribution in [0.15, 0.2) is 36.5 Å². The summed E-state index contributed by atoms with van der Waals surface area (Å²) in [6.07, 6.45) is 3.26. The van der Waals surface area contributed by atoms with Gasteiger partial charge in [0.2, 0.25) is 0 Å². The number of nitrogens with one attached hydrogen (secondary N) is 2. The molecule has 1 aromatic carbocycles. The van der Waals surface area contributed by atoms with Crippen molar-refractivity contribution in [1.82, 2.24) is 15.2 Å². The van der Waals surface area contributed by atoms with E-state index in [1.54, 1.807) is 24.4 Å². The predicted octanol–water partition coefficient (Wildman–Crippen LogP) is 3.81. The summed E-state index contributed by atoms with van der Waals surface area (Å²) in [6.45, 7) is 6.98. The van der Waals surface area contributed by atoms with Crippen molar-refractivity contribution in [3.05, 3.63) is 58.9 Å². The summed E-state index contributed by atoms with van der Waals surface area (Å²) in [4.78, 5) is 31.3. The van der Waals surface area contributed by atoms with Crippen LogP contribution < -0.4 is 10.6 Å². The van der Waals surface area contributed by atoms with Gasteiger partial charge in [0.25, 0.3) is 5.91 Å². The number of nitriles is 1. The molecule has 3 amide bonds. The van der Waals surface area contributed by atoms with Gasteiger partial charge in [0.15, 0.2) is 0 Å². The first kappa shape index (κ1) is 21.3. The second-order valence-electron chi connectivity index (χ2n) is 7.93. The standard InChI is InChI=1S/C23H27N5O2/c1-15(2)26-23(30)27-21-12-19(6-4-16(21)3)22(29)28-10-8-18(9-11-28)20-7-5-17(13-24)14-25-20/h4-7,12,14-15,18H,8-11H2,1-3H3,(H2,26,27,30). The monoisotopic (exact) mass is 405 g/mol. The molecule has 1 fully saturated rings. The molecule has 1 aliphatic rings. The molecule has 0 bridgehead atoms. The Morgan fingerprint density at radius 1 is 1.20 bits per heavy atom. The van der Waals surface area contributed by atoms with E-state index in [0.29, 0.717) is 29.9 Å². The van der Waals surface area contributed by atoms with Crippen LogP contribution in [0.3, 0.4) is 0 Å². The summed E-state index contributed by atoms with van der Waals surface area (Å²) in [5.74, 6) is 0.255. The van der Waals surface area contributed by atoms with Gasteiger partial charge in [-0.25, -0.2) is 4.79 Å². The normalized spacial score (nSPS) is 14.3. The largest absolute Gasteiger partial charge is 0.339 e. The summed E-state index contributed by atoms with van der Waals surface area (Å²) < 4.78 is 0. The molecule has 1 aromatic heterocycles. The van der Waals surface area contributed by atoms with Gasteiger partial charge in [-0.2, -0.15) is 5.26 Å². The van der Waals surface area contributed by atoms with Crippen LogP contribution in [0.5, 0.6) is 0 Å². The highest BCUT2D eigenvalue weighted by atomic mass is 16.2. The fourth-order valence-corrected chi connectivity index (χ4v) is 3.58. The highest BCUT2D eigenvalue weighted by Crippen LogP contribution is 2.28. The maximum Gasteiger partial charge on any atom is 0.319 e. The van der Waals surface area contributed by atoms with Crippen LogP contribution in [0.1, 0.15) is 59.8 Å². The van der Waals surface area contributed by atoms with Gasteiger partial charge in [0.1, 0.15) is 6.07 Å². The van der Waals surface area contributed by atoms with Crippen LogP contribution in [0.2, 0.25) is 0 Å². The fourth-order valence-electron chi connectivity index (χ4n) is 3.58. The van der Waals surface area contributed by atoms with Crippen molar-refractivity contribution < 1.29 is 9.59 Å². The van der Waals surface area contributed by atoms with E-state index in [1.165, 1.54) is 0 Å². The number of rotatable bonds is 4. The Hall–Kier alpha value is -3.40. The van der Waals surface area contributed by atoms with E-state index in [9.17, 15) is 9.59 Å². The Kier molecular flexibility index (Phi) is 6.68. The third kappa shape index (κ3) is 5.15. The van der Waals surface area contributed by atoms with E-state index < -0.39 is 0 Å². The highest BCUT2D eigenvalue weighted by molar-refractivity contribution is 5.97. The molecule has 7 heteroatoms. The van der Waals surface area contributed by atoms with Gasteiger partial charge < -0.3 is 15.5 Å². The van der Waals surface area contributed by atoms with Crippen molar-refractivity contribution in [2.24, 2.45) is 0 Å². The van der Waals surface area contributed by atoms with Gasteiger partial charge in [-0.3, -0.25) is 9.78 Å². The van der Waals surface area contributed by atoms with Crippen LogP contribution in [0, 0.1) is 18.3 Å².